The molecular formula is C12H13NO3. The van der Waals surface area contributed by atoms with Gasteiger partial charge in [0.25, 0.3) is 5.91 Å². The number of carbonyl (C=O) groups excluding carboxylic acids is 2. The van der Waals surface area contributed by atoms with Crippen molar-refractivity contribution < 1.29 is 14.4 Å². The van der Waals surface area contributed by atoms with E-state index in [2.05, 4.69) is 0 Å². The molecule has 1 aliphatic heterocycles. The second-order valence-corrected chi connectivity index (χ2v) is 3.61. The van der Waals surface area contributed by atoms with Crippen LogP contribution in [0.5, 0.6) is 0 Å². The van der Waals surface area contributed by atoms with E-state index < -0.39 is 0 Å². The van der Waals surface area contributed by atoms with Crippen molar-refractivity contribution in [1.29, 1.82) is 0 Å². The van der Waals surface area contributed by atoms with Crippen LogP contribution in [0.25, 0.3) is 0 Å². The SMILES string of the molecule is O=CCCc1ccccc1N1OCCC1=O. The van der Waals surface area contributed by atoms with Gasteiger partial charge >= 0.3 is 0 Å². The quantitative estimate of drug-likeness (QED) is 0.721. The van der Waals surface area contributed by atoms with E-state index in [-0.39, 0.29) is 5.91 Å². The number of carbonyl (C=O) groups is 2. The van der Waals surface area contributed by atoms with Gasteiger partial charge in [0.2, 0.25) is 0 Å². The highest BCUT2D eigenvalue weighted by Gasteiger charge is 2.24. The summed E-state index contributed by atoms with van der Waals surface area (Å²) in [6.07, 6.45) is 2.39. The van der Waals surface area contributed by atoms with Crippen molar-refractivity contribution in [2.45, 2.75) is 19.3 Å². The largest absolute Gasteiger partial charge is 0.303 e. The van der Waals surface area contributed by atoms with Crippen LogP contribution in [0, 0.1) is 0 Å². The first kappa shape index (κ1) is 10.8. The summed E-state index contributed by atoms with van der Waals surface area (Å²) in [5, 5.41) is 1.33. The monoisotopic (exact) mass is 219 g/mol. The molecule has 0 aromatic heterocycles. The molecule has 0 atom stereocenters. The molecule has 1 fully saturated rings. The number of hydroxylamine groups is 1. The number of para-hydroxylation sites is 1. The van der Waals surface area contributed by atoms with Crippen LogP contribution < -0.4 is 5.06 Å². The van der Waals surface area contributed by atoms with Crippen LogP contribution in [0.15, 0.2) is 24.3 Å². The van der Waals surface area contributed by atoms with Gasteiger partial charge in [0.15, 0.2) is 0 Å². The van der Waals surface area contributed by atoms with Gasteiger partial charge in [-0.2, -0.15) is 5.06 Å². The topological polar surface area (TPSA) is 46.6 Å². The molecule has 0 radical (unpaired) electrons. The summed E-state index contributed by atoms with van der Waals surface area (Å²) in [5.74, 6) is -0.0291. The van der Waals surface area contributed by atoms with Crippen molar-refractivity contribution >= 4 is 17.9 Å². The lowest BCUT2D eigenvalue weighted by molar-refractivity contribution is -0.119. The summed E-state index contributed by atoms with van der Waals surface area (Å²) in [4.78, 5) is 27.2. The van der Waals surface area contributed by atoms with E-state index in [1.54, 1.807) is 0 Å². The zero-order valence-corrected chi connectivity index (χ0v) is 8.89. The van der Waals surface area contributed by atoms with Crippen LogP contribution in [-0.2, 0) is 20.8 Å². The van der Waals surface area contributed by atoms with Gasteiger partial charge in [0.05, 0.1) is 18.7 Å². The lowest BCUT2D eigenvalue weighted by Gasteiger charge is -2.17. The van der Waals surface area contributed by atoms with Crippen molar-refractivity contribution in [3.8, 4) is 0 Å². The van der Waals surface area contributed by atoms with Gasteiger partial charge in [-0.15, -0.1) is 0 Å². The van der Waals surface area contributed by atoms with Crippen molar-refractivity contribution in [2.24, 2.45) is 0 Å². The molecule has 4 nitrogen and oxygen atoms in total. The van der Waals surface area contributed by atoms with E-state index in [0.717, 1.165) is 17.5 Å². The summed E-state index contributed by atoms with van der Waals surface area (Å²) in [7, 11) is 0. The number of nitrogens with zero attached hydrogens (tertiary/aromatic N) is 1. The highest BCUT2D eigenvalue weighted by molar-refractivity contribution is 5.93. The number of anilines is 1. The fourth-order valence-corrected chi connectivity index (χ4v) is 1.74. The molecule has 1 aromatic carbocycles. The molecule has 0 N–H and O–H groups in total. The second-order valence-electron chi connectivity index (χ2n) is 3.61. The fourth-order valence-electron chi connectivity index (χ4n) is 1.74. The van der Waals surface area contributed by atoms with Crippen LogP contribution in [0.3, 0.4) is 0 Å². The Hall–Kier alpha value is -1.68. The number of hydrogen-bond donors (Lipinski definition) is 0. The van der Waals surface area contributed by atoms with E-state index in [1.165, 1.54) is 5.06 Å². The van der Waals surface area contributed by atoms with Gasteiger partial charge in [-0.1, -0.05) is 18.2 Å². The molecule has 2 rings (SSSR count). The molecular weight excluding hydrogens is 206 g/mol. The molecule has 1 aliphatic rings. The molecule has 0 unspecified atom stereocenters. The minimum absolute atomic E-state index is 0.0291. The third kappa shape index (κ3) is 2.12. The Morgan fingerprint density at radius 3 is 2.88 bits per heavy atom. The zero-order valence-electron chi connectivity index (χ0n) is 8.89. The smallest absolute Gasteiger partial charge is 0.253 e. The maximum absolute atomic E-state index is 11.5. The normalized spacial score (nSPS) is 15.5. The Kier molecular flexibility index (Phi) is 3.31. The molecule has 0 spiro atoms. The van der Waals surface area contributed by atoms with Gasteiger partial charge in [0, 0.05) is 6.42 Å². The molecule has 0 aliphatic carbocycles. The lowest BCUT2D eigenvalue weighted by Crippen LogP contribution is -2.23. The first-order chi connectivity index (χ1) is 7.83. The molecule has 0 saturated carbocycles. The highest BCUT2D eigenvalue weighted by atomic mass is 16.7. The standard InChI is InChI=1S/C12H13NO3/c14-8-3-5-10-4-1-2-6-11(10)13-12(15)7-9-16-13/h1-2,4,6,8H,3,5,7,9H2. The Labute approximate surface area is 93.8 Å². The molecule has 1 heterocycles. The maximum Gasteiger partial charge on any atom is 0.253 e. The van der Waals surface area contributed by atoms with E-state index in [0.29, 0.717) is 25.9 Å². The van der Waals surface area contributed by atoms with E-state index in [4.69, 9.17) is 4.84 Å². The Morgan fingerprint density at radius 1 is 1.38 bits per heavy atom. The third-order valence-corrected chi connectivity index (χ3v) is 2.50. The number of rotatable bonds is 4. The molecule has 1 saturated heterocycles. The summed E-state index contributed by atoms with van der Waals surface area (Å²) in [6, 6.07) is 7.50. The molecule has 1 amide bonds. The Balaban J connectivity index is 2.24. The number of amides is 1. The molecule has 16 heavy (non-hydrogen) atoms. The van der Waals surface area contributed by atoms with E-state index in [1.807, 2.05) is 24.3 Å². The van der Waals surface area contributed by atoms with Crippen LogP contribution in [0.2, 0.25) is 0 Å². The summed E-state index contributed by atoms with van der Waals surface area (Å²) in [6.45, 7) is 0.431. The first-order valence-corrected chi connectivity index (χ1v) is 5.30. The second kappa shape index (κ2) is 4.90. The number of hydrogen-bond acceptors (Lipinski definition) is 3. The van der Waals surface area contributed by atoms with Crippen molar-refractivity contribution in [2.75, 3.05) is 11.7 Å². The fraction of sp³-hybridized carbons (Fsp3) is 0.333. The van der Waals surface area contributed by atoms with Crippen LogP contribution in [-0.4, -0.2) is 18.8 Å². The lowest BCUT2D eigenvalue weighted by atomic mass is 10.1. The van der Waals surface area contributed by atoms with Crippen molar-refractivity contribution in [3.63, 3.8) is 0 Å². The minimum Gasteiger partial charge on any atom is -0.303 e. The van der Waals surface area contributed by atoms with E-state index >= 15 is 0 Å². The van der Waals surface area contributed by atoms with Crippen LogP contribution in [0.4, 0.5) is 5.69 Å². The predicted molar refractivity (Wildman–Crippen MR) is 58.9 cm³/mol. The van der Waals surface area contributed by atoms with E-state index in [9.17, 15) is 9.59 Å². The molecule has 1 aromatic rings. The first-order valence-electron chi connectivity index (χ1n) is 5.30. The Morgan fingerprint density at radius 2 is 2.19 bits per heavy atom. The summed E-state index contributed by atoms with van der Waals surface area (Å²) < 4.78 is 0. The average Bonchev–Trinajstić information content (AvgIpc) is 2.73. The summed E-state index contributed by atoms with van der Waals surface area (Å²) >= 11 is 0. The highest BCUT2D eigenvalue weighted by Crippen LogP contribution is 2.25. The molecule has 0 bridgehead atoms. The van der Waals surface area contributed by atoms with Gasteiger partial charge in [-0.05, 0) is 18.1 Å². The van der Waals surface area contributed by atoms with Gasteiger partial charge in [-0.25, -0.2) is 0 Å². The third-order valence-electron chi connectivity index (χ3n) is 2.50. The molecule has 4 heteroatoms. The zero-order chi connectivity index (χ0) is 11.4. The Bertz CT molecular complexity index is 403. The van der Waals surface area contributed by atoms with Crippen LogP contribution in [0.1, 0.15) is 18.4 Å². The molecule has 84 valence electrons. The van der Waals surface area contributed by atoms with Crippen LogP contribution >= 0.6 is 0 Å². The number of aldehydes is 1. The van der Waals surface area contributed by atoms with Crippen molar-refractivity contribution in [3.05, 3.63) is 29.8 Å². The predicted octanol–water partition coefficient (Wildman–Crippen LogP) is 1.49. The van der Waals surface area contributed by atoms with Gasteiger partial charge in [-0.3, -0.25) is 9.63 Å². The minimum atomic E-state index is -0.0291. The number of aryl methyl sites for hydroxylation is 1. The van der Waals surface area contributed by atoms with Gasteiger partial charge < -0.3 is 4.79 Å². The number of benzene rings is 1. The maximum atomic E-state index is 11.5. The van der Waals surface area contributed by atoms with Crippen molar-refractivity contribution in [1.82, 2.24) is 0 Å². The average molecular weight is 219 g/mol. The summed E-state index contributed by atoms with van der Waals surface area (Å²) in [5.41, 5.74) is 1.72. The van der Waals surface area contributed by atoms with Gasteiger partial charge in [0.1, 0.15) is 6.29 Å².